The lowest BCUT2D eigenvalue weighted by molar-refractivity contribution is -0.384. The third kappa shape index (κ3) is 3.50. The number of nitro benzene ring substituents is 1. The zero-order chi connectivity index (χ0) is 15.4. The number of nitrogens with zero attached hydrogens (tertiary/aromatic N) is 1. The van der Waals surface area contributed by atoms with Crippen LogP contribution in [0.5, 0.6) is 0 Å². The standard InChI is InChI=1S/C15H12N2O4/c1-10(18)12-3-2-4-13(9-12)16-15(19)11-5-7-14(8-6-11)17(20)21/h2-9H,1H3,(H,16,19). The zero-order valence-electron chi connectivity index (χ0n) is 11.2. The number of carbonyl (C=O) groups excluding carboxylic acids is 2. The molecule has 2 rings (SSSR count). The highest BCUT2D eigenvalue weighted by Gasteiger charge is 2.10. The molecule has 1 N–H and O–H groups in total. The minimum atomic E-state index is -0.530. The summed E-state index contributed by atoms with van der Waals surface area (Å²) in [6.07, 6.45) is 0. The summed E-state index contributed by atoms with van der Waals surface area (Å²) in [5.74, 6) is -0.493. The van der Waals surface area contributed by atoms with E-state index in [2.05, 4.69) is 5.32 Å². The molecule has 0 radical (unpaired) electrons. The van der Waals surface area contributed by atoms with Crippen molar-refractivity contribution in [2.24, 2.45) is 0 Å². The monoisotopic (exact) mass is 284 g/mol. The Labute approximate surface area is 120 Å². The Morgan fingerprint density at radius 3 is 2.29 bits per heavy atom. The second-order valence-electron chi connectivity index (χ2n) is 4.40. The van der Waals surface area contributed by atoms with Crippen LogP contribution in [-0.4, -0.2) is 16.6 Å². The van der Waals surface area contributed by atoms with Crippen molar-refractivity contribution in [3.63, 3.8) is 0 Å². The maximum atomic E-state index is 12.0. The Hall–Kier alpha value is -3.02. The summed E-state index contributed by atoms with van der Waals surface area (Å²) in [5, 5.41) is 13.2. The number of rotatable bonds is 4. The molecule has 2 aromatic carbocycles. The smallest absolute Gasteiger partial charge is 0.269 e. The predicted molar refractivity (Wildman–Crippen MR) is 77.5 cm³/mol. The van der Waals surface area contributed by atoms with Gasteiger partial charge in [-0.05, 0) is 31.2 Å². The molecule has 0 aliphatic heterocycles. The van der Waals surface area contributed by atoms with Gasteiger partial charge in [-0.2, -0.15) is 0 Å². The molecule has 0 bridgehead atoms. The van der Waals surface area contributed by atoms with Crippen LogP contribution in [0.25, 0.3) is 0 Å². The summed E-state index contributed by atoms with van der Waals surface area (Å²) >= 11 is 0. The Balaban J connectivity index is 2.16. The number of Topliss-reactive ketones (excluding diaryl/α,β-unsaturated/α-hetero) is 1. The number of amides is 1. The molecule has 0 aromatic heterocycles. The Morgan fingerprint density at radius 1 is 1.05 bits per heavy atom. The molecule has 0 spiro atoms. The second-order valence-corrected chi connectivity index (χ2v) is 4.40. The van der Waals surface area contributed by atoms with Gasteiger partial charge in [-0.1, -0.05) is 12.1 Å². The fourth-order valence-corrected chi connectivity index (χ4v) is 1.75. The molecule has 0 heterocycles. The van der Waals surface area contributed by atoms with E-state index in [0.717, 1.165) is 0 Å². The average Bonchev–Trinajstić information content (AvgIpc) is 2.47. The number of carbonyl (C=O) groups is 2. The van der Waals surface area contributed by atoms with Crippen LogP contribution in [0.4, 0.5) is 11.4 Å². The van der Waals surface area contributed by atoms with Crippen LogP contribution in [0.15, 0.2) is 48.5 Å². The molecule has 106 valence electrons. The molecule has 21 heavy (non-hydrogen) atoms. The highest BCUT2D eigenvalue weighted by atomic mass is 16.6. The van der Waals surface area contributed by atoms with Crippen LogP contribution in [0, 0.1) is 10.1 Å². The lowest BCUT2D eigenvalue weighted by Gasteiger charge is -2.06. The normalized spacial score (nSPS) is 9.95. The van der Waals surface area contributed by atoms with E-state index in [1.165, 1.54) is 31.2 Å². The first-order valence-electron chi connectivity index (χ1n) is 6.14. The van der Waals surface area contributed by atoms with Gasteiger partial charge in [-0.25, -0.2) is 0 Å². The second kappa shape index (κ2) is 5.96. The summed E-state index contributed by atoms with van der Waals surface area (Å²) in [6, 6.07) is 11.8. The van der Waals surface area contributed by atoms with Crippen molar-refractivity contribution in [3.05, 3.63) is 69.8 Å². The quantitative estimate of drug-likeness (QED) is 0.531. The first-order valence-corrected chi connectivity index (χ1v) is 6.14. The molecule has 0 aliphatic rings. The summed E-state index contributed by atoms with van der Waals surface area (Å²) < 4.78 is 0. The van der Waals surface area contributed by atoms with Crippen LogP contribution in [0.2, 0.25) is 0 Å². The van der Waals surface area contributed by atoms with Crippen molar-refractivity contribution in [2.75, 3.05) is 5.32 Å². The maximum absolute atomic E-state index is 12.0. The number of benzene rings is 2. The Morgan fingerprint density at radius 2 is 1.71 bits per heavy atom. The van der Waals surface area contributed by atoms with Crippen LogP contribution in [-0.2, 0) is 0 Å². The molecule has 0 aliphatic carbocycles. The van der Waals surface area contributed by atoms with Crippen molar-refractivity contribution in [1.29, 1.82) is 0 Å². The van der Waals surface area contributed by atoms with Gasteiger partial charge in [0.25, 0.3) is 11.6 Å². The van der Waals surface area contributed by atoms with E-state index >= 15 is 0 Å². The van der Waals surface area contributed by atoms with E-state index in [1.807, 2.05) is 0 Å². The number of non-ortho nitro benzene ring substituents is 1. The van der Waals surface area contributed by atoms with E-state index in [-0.39, 0.29) is 11.5 Å². The van der Waals surface area contributed by atoms with Gasteiger partial charge in [0.15, 0.2) is 5.78 Å². The molecular weight excluding hydrogens is 272 g/mol. The number of hydrogen-bond donors (Lipinski definition) is 1. The Kier molecular flexibility index (Phi) is 4.08. The van der Waals surface area contributed by atoms with Crippen LogP contribution >= 0.6 is 0 Å². The number of anilines is 1. The van der Waals surface area contributed by atoms with Gasteiger partial charge in [0, 0.05) is 28.9 Å². The highest BCUT2D eigenvalue weighted by molar-refractivity contribution is 6.05. The van der Waals surface area contributed by atoms with Crippen molar-refractivity contribution < 1.29 is 14.5 Å². The molecule has 6 heteroatoms. The lowest BCUT2D eigenvalue weighted by Crippen LogP contribution is -2.12. The lowest BCUT2D eigenvalue weighted by atomic mass is 10.1. The van der Waals surface area contributed by atoms with E-state index in [9.17, 15) is 19.7 Å². The summed E-state index contributed by atoms with van der Waals surface area (Å²) in [6.45, 7) is 1.44. The first-order chi connectivity index (χ1) is 9.97. The number of hydrogen-bond acceptors (Lipinski definition) is 4. The van der Waals surface area contributed by atoms with Gasteiger partial charge in [-0.15, -0.1) is 0 Å². The zero-order valence-corrected chi connectivity index (χ0v) is 11.2. The van der Waals surface area contributed by atoms with Crippen LogP contribution in [0.3, 0.4) is 0 Å². The van der Waals surface area contributed by atoms with E-state index in [4.69, 9.17) is 0 Å². The van der Waals surface area contributed by atoms with E-state index < -0.39 is 10.8 Å². The minimum absolute atomic E-state index is 0.0786. The third-order valence-electron chi connectivity index (χ3n) is 2.87. The third-order valence-corrected chi connectivity index (χ3v) is 2.87. The molecule has 0 atom stereocenters. The predicted octanol–water partition coefficient (Wildman–Crippen LogP) is 3.05. The molecule has 0 saturated carbocycles. The molecule has 1 amide bonds. The fourth-order valence-electron chi connectivity index (χ4n) is 1.75. The van der Waals surface area contributed by atoms with Crippen molar-refractivity contribution in [2.45, 2.75) is 6.92 Å². The van der Waals surface area contributed by atoms with E-state index in [1.54, 1.807) is 24.3 Å². The molecule has 0 fully saturated rings. The molecule has 2 aromatic rings. The van der Waals surface area contributed by atoms with Crippen molar-refractivity contribution >= 4 is 23.1 Å². The topological polar surface area (TPSA) is 89.3 Å². The number of ketones is 1. The fraction of sp³-hybridized carbons (Fsp3) is 0.0667. The summed E-state index contributed by atoms with van der Waals surface area (Å²) in [4.78, 5) is 33.3. The molecule has 0 unspecified atom stereocenters. The summed E-state index contributed by atoms with van der Waals surface area (Å²) in [5.41, 5.74) is 1.21. The van der Waals surface area contributed by atoms with Gasteiger partial charge in [0.1, 0.15) is 0 Å². The SMILES string of the molecule is CC(=O)c1cccc(NC(=O)c2ccc([N+](=O)[O-])cc2)c1. The van der Waals surface area contributed by atoms with Crippen molar-refractivity contribution in [3.8, 4) is 0 Å². The van der Waals surface area contributed by atoms with Gasteiger partial charge < -0.3 is 5.32 Å². The van der Waals surface area contributed by atoms with Crippen LogP contribution < -0.4 is 5.32 Å². The van der Waals surface area contributed by atoms with Crippen molar-refractivity contribution in [1.82, 2.24) is 0 Å². The average molecular weight is 284 g/mol. The number of nitrogens with one attached hydrogen (secondary N) is 1. The van der Waals surface area contributed by atoms with Gasteiger partial charge in [-0.3, -0.25) is 19.7 Å². The van der Waals surface area contributed by atoms with Gasteiger partial charge in [0.2, 0.25) is 0 Å². The number of nitro groups is 1. The molecule has 6 nitrogen and oxygen atoms in total. The van der Waals surface area contributed by atoms with Gasteiger partial charge >= 0.3 is 0 Å². The molecular formula is C15H12N2O4. The highest BCUT2D eigenvalue weighted by Crippen LogP contribution is 2.15. The largest absolute Gasteiger partial charge is 0.322 e. The maximum Gasteiger partial charge on any atom is 0.269 e. The Bertz CT molecular complexity index is 708. The minimum Gasteiger partial charge on any atom is -0.322 e. The van der Waals surface area contributed by atoms with E-state index in [0.29, 0.717) is 16.8 Å². The molecule has 0 saturated heterocycles. The van der Waals surface area contributed by atoms with Crippen LogP contribution in [0.1, 0.15) is 27.6 Å². The van der Waals surface area contributed by atoms with Gasteiger partial charge in [0.05, 0.1) is 4.92 Å². The summed E-state index contributed by atoms with van der Waals surface area (Å²) in [7, 11) is 0. The first kappa shape index (κ1) is 14.4.